The summed E-state index contributed by atoms with van der Waals surface area (Å²) in [7, 11) is 1.87. The number of morpholine rings is 1. The summed E-state index contributed by atoms with van der Waals surface area (Å²) in [6.07, 6.45) is 4.04. The minimum atomic E-state index is -0.211. The van der Waals surface area contributed by atoms with Crippen molar-refractivity contribution < 1.29 is 19.1 Å². The molecule has 3 saturated heterocycles. The highest BCUT2D eigenvalue weighted by atomic mass is 16.5. The highest BCUT2D eigenvalue weighted by Gasteiger charge is 2.42. The first kappa shape index (κ1) is 21.4. The van der Waals surface area contributed by atoms with E-state index >= 15 is 0 Å². The summed E-state index contributed by atoms with van der Waals surface area (Å²) in [5.74, 6) is 0.581. The minimum Gasteiger partial charge on any atom is -0.378 e. The smallest absolute Gasteiger partial charge is 0.275 e. The molecular weight excluding hydrogens is 408 g/mol. The Labute approximate surface area is 188 Å². The second kappa shape index (κ2) is 8.83. The Kier molecular flexibility index (Phi) is 5.90. The Bertz CT molecular complexity index is 989. The van der Waals surface area contributed by atoms with Gasteiger partial charge in [0.25, 0.3) is 5.91 Å². The Morgan fingerprint density at radius 3 is 2.59 bits per heavy atom. The van der Waals surface area contributed by atoms with Crippen LogP contribution in [0.5, 0.6) is 0 Å². The number of hydrogen-bond donors (Lipinski definition) is 0. The van der Waals surface area contributed by atoms with Crippen LogP contribution in [0.25, 0.3) is 10.9 Å². The lowest BCUT2D eigenvalue weighted by Crippen LogP contribution is -2.51. The monoisotopic (exact) mass is 440 g/mol. The first-order chi connectivity index (χ1) is 15.5. The van der Waals surface area contributed by atoms with E-state index in [9.17, 15) is 9.59 Å². The number of fused-ring (bicyclic) bond motifs is 1. The molecule has 0 aliphatic carbocycles. The van der Waals surface area contributed by atoms with Gasteiger partial charge in [0.15, 0.2) is 5.69 Å². The minimum absolute atomic E-state index is 0.00787. The molecular formula is C24H32N4O4. The molecule has 0 radical (unpaired) electrons. The van der Waals surface area contributed by atoms with Gasteiger partial charge in [-0.05, 0) is 37.7 Å². The van der Waals surface area contributed by atoms with Crippen molar-refractivity contribution >= 4 is 22.7 Å². The fourth-order valence-corrected chi connectivity index (χ4v) is 5.48. The number of para-hydroxylation sites is 1. The number of rotatable bonds is 3. The number of carbonyl (C=O) groups is 2. The molecule has 1 aromatic heterocycles. The molecule has 1 aromatic carbocycles. The quantitative estimate of drug-likeness (QED) is 0.732. The van der Waals surface area contributed by atoms with Crippen molar-refractivity contribution in [1.29, 1.82) is 0 Å². The maximum atomic E-state index is 13.2. The van der Waals surface area contributed by atoms with Crippen LogP contribution in [0, 0.1) is 5.92 Å². The summed E-state index contributed by atoms with van der Waals surface area (Å²) in [5, 5.41) is 5.40. The van der Waals surface area contributed by atoms with Gasteiger partial charge < -0.3 is 19.3 Å². The van der Waals surface area contributed by atoms with Crippen LogP contribution in [0.4, 0.5) is 0 Å². The number of likely N-dealkylation sites (tertiary alicyclic amines) is 1. The van der Waals surface area contributed by atoms with Gasteiger partial charge >= 0.3 is 0 Å². The Balaban J connectivity index is 1.20. The van der Waals surface area contributed by atoms with Gasteiger partial charge in [0, 0.05) is 51.6 Å². The summed E-state index contributed by atoms with van der Waals surface area (Å²) in [5.41, 5.74) is 1.28. The normalized spacial score (nSPS) is 23.6. The zero-order valence-electron chi connectivity index (χ0n) is 18.8. The molecule has 4 heterocycles. The fraction of sp³-hybridized carbons (Fsp3) is 0.625. The molecule has 32 heavy (non-hydrogen) atoms. The van der Waals surface area contributed by atoms with Gasteiger partial charge in [-0.3, -0.25) is 14.3 Å². The van der Waals surface area contributed by atoms with Gasteiger partial charge in [0.05, 0.1) is 24.3 Å². The van der Waals surface area contributed by atoms with Gasteiger partial charge in [0.1, 0.15) is 0 Å². The van der Waals surface area contributed by atoms with E-state index < -0.39 is 0 Å². The summed E-state index contributed by atoms with van der Waals surface area (Å²) in [6, 6.07) is 7.85. The van der Waals surface area contributed by atoms with Crippen molar-refractivity contribution in [3.05, 3.63) is 30.0 Å². The van der Waals surface area contributed by atoms with Crippen LogP contribution in [0.1, 0.15) is 42.6 Å². The van der Waals surface area contributed by atoms with Crippen molar-refractivity contribution in [1.82, 2.24) is 19.6 Å². The van der Waals surface area contributed by atoms with Crippen molar-refractivity contribution in [2.75, 3.05) is 46.0 Å². The molecule has 8 heteroatoms. The summed E-state index contributed by atoms with van der Waals surface area (Å²) < 4.78 is 13.4. The average Bonchev–Trinajstić information content (AvgIpc) is 3.16. The molecule has 2 aromatic rings. The largest absolute Gasteiger partial charge is 0.378 e. The van der Waals surface area contributed by atoms with Crippen LogP contribution < -0.4 is 0 Å². The third-order valence-electron chi connectivity index (χ3n) is 7.34. The van der Waals surface area contributed by atoms with E-state index in [2.05, 4.69) is 5.10 Å². The molecule has 0 bridgehead atoms. The maximum absolute atomic E-state index is 13.2. The molecule has 3 aliphatic rings. The fourth-order valence-electron chi connectivity index (χ4n) is 5.48. The number of nitrogens with zero attached hydrogens (tertiary/aromatic N) is 4. The SMILES string of the molecule is Cn1nc(C(=O)N2CCC3(CC2)CC(CC(=O)N2CCOCC2)CCO3)c2ccccc21. The lowest BCUT2D eigenvalue weighted by molar-refractivity contribution is -0.143. The summed E-state index contributed by atoms with van der Waals surface area (Å²) >= 11 is 0. The Morgan fingerprint density at radius 2 is 1.81 bits per heavy atom. The summed E-state index contributed by atoms with van der Waals surface area (Å²) in [4.78, 5) is 29.8. The second-order valence-electron chi connectivity index (χ2n) is 9.37. The van der Waals surface area contributed by atoms with Gasteiger partial charge in [-0.15, -0.1) is 0 Å². The maximum Gasteiger partial charge on any atom is 0.275 e. The van der Waals surface area contributed by atoms with Gasteiger partial charge in [-0.25, -0.2) is 0 Å². The van der Waals surface area contributed by atoms with E-state index in [0.29, 0.717) is 64.0 Å². The first-order valence-electron chi connectivity index (χ1n) is 11.8. The van der Waals surface area contributed by atoms with Gasteiger partial charge in [-0.2, -0.15) is 5.10 Å². The number of carbonyl (C=O) groups excluding carboxylic acids is 2. The van der Waals surface area contributed by atoms with Crippen LogP contribution in [-0.4, -0.2) is 83.0 Å². The van der Waals surface area contributed by atoms with E-state index in [1.807, 2.05) is 41.1 Å². The lowest BCUT2D eigenvalue weighted by Gasteiger charge is -2.46. The van der Waals surface area contributed by atoms with E-state index in [4.69, 9.17) is 9.47 Å². The number of ether oxygens (including phenoxy) is 2. The Hall–Kier alpha value is -2.45. The van der Waals surface area contributed by atoms with E-state index in [-0.39, 0.29) is 17.4 Å². The standard InChI is InChI=1S/C24H32N4O4/c1-26-20-5-3-2-4-19(20)22(25-26)23(30)28-9-7-24(8-10-28)17-18(6-13-32-24)16-21(29)27-11-14-31-15-12-27/h2-5,18H,6-17H2,1H3. The Morgan fingerprint density at radius 1 is 1.06 bits per heavy atom. The van der Waals surface area contributed by atoms with Crippen molar-refractivity contribution in [2.24, 2.45) is 13.0 Å². The molecule has 0 saturated carbocycles. The molecule has 3 aliphatic heterocycles. The molecule has 1 spiro atoms. The van der Waals surface area contributed by atoms with Crippen LogP contribution in [0.2, 0.25) is 0 Å². The molecule has 172 valence electrons. The lowest BCUT2D eigenvalue weighted by atomic mass is 9.78. The third kappa shape index (κ3) is 4.13. The molecule has 2 amide bonds. The highest BCUT2D eigenvalue weighted by molar-refractivity contribution is 6.04. The number of benzene rings is 1. The predicted molar refractivity (Wildman–Crippen MR) is 119 cm³/mol. The number of aromatic nitrogens is 2. The predicted octanol–water partition coefficient (Wildman–Crippen LogP) is 2.22. The van der Waals surface area contributed by atoms with Crippen molar-refractivity contribution in [3.8, 4) is 0 Å². The van der Waals surface area contributed by atoms with Crippen LogP contribution >= 0.6 is 0 Å². The van der Waals surface area contributed by atoms with Crippen LogP contribution in [0.15, 0.2) is 24.3 Å². The molecule has 1 unspecified atom stereocenters. The zero-order chi connectivity index (χ0) is 22.1. The van der Waals surface area contributed by atoms with Gasteiger partial charge in [0.2, 0.25) is 5.91 Å². The molecule has 8 nitrogen and oxygen atoms in total. The van der Waals surface area contributed by atoms with E-state index in [1.54, 1.807) is 4.68 Å². The number of aryl methyl sites for hydroxylation is 1. The molecule has 0 N–H and O–H groups in total. The average molecular weight is 441 g/mol. The number of amides is 2. The second-order valence-corrected chi connectivity index (χ2v) is 9.37. The first-order valence-corrected chi connectivity index (χ1v) is 11.8. The van der Waals surface area contributed by atoms with E-state index in [0.717, 1.165) is 36.6 Å². The van der Waals surface area contributed by atoms with Crippen LogP contribution in [0.3, 0.4) is 0 Å². The molecule has 5 rings (SSSR count). The molecule has 1 atom stereocenters. The molecule has 3 fully saturated rings. The van der Waals surface area contributed by atoms with E-state index in [1.165, 1.54) is 0 Å². The topological polar surface area (TPSA) is 76.9 Å². The third-order valence-corrected chi connectivity index (χ3v) is 7.34. The zero-order valence-corrected chi connectivity index (χ0v) is 18.8. The van der Waals surface area contributed by atoms with Crippen molar-refractivity contribution in [2.45, 2.75) is 37.7 Å². The van der Waals surface area contributed by atoms with Crippen molar-refractivity contribution in [3.63, 3.8) is 0 Å². The highest BCUT2D eigenvalue weighted by Crippen LogP contribution is 2.39. The van der Waals surface area contributed by atoms with Crippen LogP contribution in [-0.2, 0) is 21.3 Å². The van der Waals surface area contributed by atoms with Gasteiger partial charge in [-0.1, -0.05) is 18.2 Å². The number of piperidine rings is 1. The summed E-state index contributed by atoms with van der Waals surface area (Å²) in [6.45, 7) is 4.69. The number of hydrogen-bond acceptors (Lipinski definition) is 5.